The number of hydrogen-bond donors (Lipinski definition) is 0. The van der Waals surface area contributed by atoms with E-state index in [1.54, 1.807) is 0 Å². The number of hydrogen-bond acceptors (Lipinski definition) is 0. The van der Waals surface area contributed by atoms with Crippen LogP contribution in [-0.4, -0.2) is 0 Å². The van der Waals surface area contributed by atoms with Crippen molar-refractivity contribution in [2.45, 2.75) is 78.6 Å². The summed E-state index contributed by atoms with van der Waals surface area (Å²) in [6.07, 6.45) is 14.5. The Kier molecular flexibility index (Phi) is 11.0. The Bertz CT molecular complexity index is 148. The van der Waals surface area contributed by atoms with Gasteiger partial charge in [0.1, 0.15) is 0 Å². The van der Waals surface area contributed by atoms with Gasteiger partial charge in [-0.25, -0.2) is 0 Å². The van der Waals surface area contributed by atoms with Gasteiger partial charge >= 0.3 is 0 Å². The molecule has 0 bridgehead atoms. The fraction of sp³-hybridized carbons (Fsp3) is 0.875. The average molecular weight is 224 g/mol. The van der Waals surface area contributed by atoms with E-state index in [0.29, 0.717) is 0 Å². The summed E-state index contributed by atoms with van der Waals surface area (Å²) in [5, 5.41) is 0. The quantitative estimate of drug-likeness (QED) is 0.299. The van der Waals surface area contributed by atoms with Crippen LogP contribution in [0.3, 0.4) is 0 Å². The first kappa shape index (κ1) is 15.7. The van der Waals surface area contributed by atoms with Gasteiger partial charge in [0.25, 0.3) is 0 Å². The molecule has 0 aliphatic rings. The van der Waals surface area contributed by atoms with E-state index in [-0.39, 0.29) is 0 Å². The van der Waals surface area contributed by atoms with Crippen LogP contribution in [0.2, 0.25) is 0 Å². The second-order valence-corrected chi connectivity index (χ2v) is 5.32. The van der Waals surface area contributed by atoms with Crippen molar-refractivity contribution in [2.24, 2.45) is 11.8 Å². The second-order valence-electron chi connectivity index (χ2n) is 5.32. The summed E-state index contributed by atoms with van der Waals surface area (Å²) in [4.78, 5) is 0. The smallest absolute Gasteiger partial charge is 0.0351 e. The van der Waals surface area contributed by atoms with Crippen LogP contribution in [0.4, 0.5) is 0 Å². The maximum absolute atomic E-state index is 3.79. The highest BCUT2D eigenvalue weighted by Gasteiger charge is 2.08. The SMILES string of the molecule is C=CCCC(C)CCC(CC)CCCCC. The summed E-state index contributed by atoms with van der Waals surface area (Å²) < 4.78 is 0. The predicted octanol–water partition coefficient (Wildman–Crippen LogP) is 5.98. The van der Waals surface area contributed by atoms with Gasteiger partial charge in [-0.15, -0.1) is 6.58 Å². The third kappa shape index (κ3) is 9.00. The highest BCUT2D eigenvalue weighted by molar-refractivity contribution is 4.69. The molecule has 0 rings (SSSR count). The monoisotopic (exact) mass is 224 g/mol. The van der Waals surface area contributed by atoms with Gasteiger partial charge in [-0.2, -0.15) is 0 Å². The molecule has 0 radical (unpaired) electrons. The molecule has 0 N–H and O–H groups in total. The van der Waals surface area contributed by atoms with E-state index < -0.39 is 0 Å². The van der Waals surface area contributed by atoms with E-state index >= 15 is 0 Å². The molecule has 0 spiro atoms. The molecule has 2 unspecified atom stereocenters. The highest BCUT2D eigenvalue weighted by atomic mass is 14.1. The standard InChI is InChI=1S/C16H32/c1-5-8-10-12-16(7-3)14-13-15(4)11-9-6-2/h6,15-16H,2,5,7-14H2,1,3-4H3. The Hall–Kier alpha value is -0.260. The largest absolute Gasteiger partial charge is 0.103 e. The van der Waals surface area contributed by atoms with Crippen LogP contribution in [-0.2, 0) is 0 Å². The Morgan fingerprint density at radius 2 is 1.75 bits per heavy atom. The predicted molar refractivity (Wildman–Crippen MR) is 75.8 cm³/mol. The topological polar surface area (TPSA) is 0 Å². The van der Waals surface area contributed by atoms with Gasteiger partial charge < -0.3 is 0 Å². The van der Waals surface area contributed by atoms with Crippen LogP contribution in [0.25, 0.3) is 0 Å². The summed E-state index contributed by atoms with van der Waals surface area (Å²) in [6, 6.07) is 0. The molecule has 0 saturated carbocycles. The van der Waals surface area contributed by atoms with E-state index in [1.807, 2.05) is 0 Å². The summed E-state index contributed by atoms with van der Waals surface area (Å²) in [5.74, 6) is 1.87. The molecule has 2 atom stereocenters. The summed E-state index contributed by atoms with van der Waals surface area (Å²) >= 11 is 0. The zero-order chi connectivity index (χ0) is 12.2. The van der Waals surface area contributed by atoms with Crippen molar-refractivity contribution in [1.29, 1.82) is 0 Å². The number of rotatable bonds is 11. The molecular formula is C16H32. The van der Waals surface area contributed by atoms with Crippen molar-refractivity contribution in [3.63, 3.8) is 0 Å². The molecule has 0 aliphatic heterocycles. The fourth-order valence-corrected chi connectivity index (χ4v) is 2.30. The molecule has 0 aromatic heterocycles. The molecule has 0 heteroatoms. The van der Waals surface area contributed by atoms with Gasteiger partial charge in [-0.3, -0.25) is 0 Å². The summed E-state index contributed by atoms with van der Waals surface area (Å²) in [6.45, 7) is 10.8. The van der Waals surface area contributed by atoms with Gasteiger partial charge in [-0.1, -0.05) is 71.8 Å². The van der Waals surface area contributed by atoms with Crippen LogP contribution in [0.5, 0.6) is 0 Å². The minimum Gasteiger partial charge on any atom is -0.103 e. The number of unbranched alkanes of at least 4 members (excludes halogenated alkanes) is 2. The molecule has 0 fully saturated rings. The maximum atomic E-state index is 3.79. The van der Waals surface area contributed by atoms with Crippen molar-refractivity contribution in [2.75, 3.05) is 0 Å². The lowest BCUT2D eigenvalue weighted by Crippen LogP contribution is -2.03. The van der Waals surface area contributed by atoms with Gasteiger partial charge in [0.15, 0.2) is 0 Å². The number of allylic oxidation sites excluding steroid dienone is 1. The second kappa shape index (κ2) is 11.2. The molecule has 0 nitrogen and oxygen atoms in total. The van der Waals surface area contributed by atoms with Crippen LogP contribution >= 0.6 is 0 Å². The molecule has 0 saturated heterocycles. The van der Waals surface area contributed by atoms with Crippen molar-refractivity contribution in [3.05, 3.63) is 12.7 Å². The molecular weight excluding hydrogens is 192 g/mol. The third-order valence-corrected chi connectivity index (χ3v) is 3.72. The molecule has 0 aromatic rings. The molecule has 0 heterocycles. The van der Waals surface area contributed by atoms with E-state index in [1.165, 1.54) is 57.8 Å². The Balaban J connectivity index is 3.55. The van der Waals surface area contributed by atoms with Crippen molar-refractivity contribution < 1.29 is 0 Å². The Morgan fingerprint density at radius 1 is 1.00 bits per heavy atom. The van der Waals surface area contributed by atoms with Gasteiger partial charge in [0.2, 0.25) is 0 Å². The summed E-state index contributed by atoms with van der Waals surface area (Å²) in [5.41, 5.74) is 0. The minimum absolute atomic E-state index is 0.887. The molecule has 0 aliphatic carbocycles. The van der Waals surface area contributed by atoms with Gasteiger partial charge in [0, 0.05) is 0 Å². The van der Waals surface area contributed by atoms with Crippen molar-refractivity contribution >= 4 is 0 Å². The zero-order valence-electron chi connectivity index (χ0n) is 11.8. The minimum atomic E-state index is 0.887. The van der Waals surface area contributed by atoms with E-state index in [4.69, 9.17) is 0 Å². The van der Waals surface area contributed by atoms with Crippen LogP contribution in [0.15, 0.2) is 12.7 Å². The molecule has 16 heavy (non-hydrogen) atoms. The summed E-state index contributed by atoms with van der Waals surface area (Å²) in [7, 11) is 0. The molecule has 96 valence electrons. The molecule has 0 aromatic carbocycles. The van der Waals surface area contributed by atoms with E-state index in [0.717, 1.165) is 11.8 Å². The van der Waals surface area contributed by atoms with Gasteiger partial charge in [0.05, 0.1) is 0 Å². The lowest BCUT2D eigenvalue weighted by Gasteiger charge is -2.17. The van der Waals surface area contributed by atoms with E-state index in [9.17, 15) is 0 Å². The molecule has 0 amide bonds. The van der Waals surface area contributed by atoms with Crippen LogP contribution < -0.4 is 0 Å². The highest BCUT2D eigenvalue weighted by Crippen LogP contribution is 2.23. The average Bonchev–Trinajstić information content (AvgIpc) is 2.31. The first-order valence-electron chi connectivity index (χ1n) is 7.35. The zero-order valence-corrected chi connectivity index (χ0v) is 11.8. The maximum Gasteiger partial charge on any atom is -0.0351 e. The Morgan fingerprint density at radius 3 is 2.31 bits per heavy atom. The third-order valence-electron chi connectivity index (χ3n) is 3.72. The lowest BCUT2D eigenvalue weighted by molar-refractivity contribution is 0.361. The van der Waals surface area contributed by atoms with Crippen LogP contribution in [0.1, 0.15) is 78.6 Å². The van der Waals surface area contributed by atoms with E-state index in [2.05, 4.69) is 33.4 Å². The fourth-order valence-electron chi connectivity index (χ4n) is 2.30. The lowest BCUT2D eigenvalue weighted by atomic mass is 9.89. The van der Waals surface area contributed by atoms with Gasteiger partial charge in [-0.05, 0) is 24.7 Å². The van der Waals surface area contributed by atoms with Crippen molar-refractivity contribution in [1.82, 2.24) is 0 Å². The van der Waals surface area contributed by atoms with Crippen molar-refractivity contribution in [3.8, 4) is 0 Å². The first-order valence-corrected chi connectivity index (χ1v) is 7.35. The van der Waals surface area contributed by atoms with Crippen LogP contribution in [0, 0.1) is 11.8 Å². The first-order chi connectivity index (χ1) is 7.74. The normalized spacial score (nSPS) is 14.7. The Labute approximate surface area is 104 Å².